The SMILES string of the molecule is C=CC(=O)N1CCC2(CC(n3c(NC(=O)c4ccc(-c5cnco5)s4)nc4ccccc43)C2)C1. The molecule has 1 spiro atoms. The van der Waals surface area contributed by atoms with Crippen LogP contribution in [0.3, 0.4) is 0 Å². The molecule has 1 saturated carbocycles. The zero-order valence-corrected chi connectivity index (χ0v) is 19.3. The minimum Gasteiger partial charge on any atom is -0.443 e. The number of benzene rings is 1. The van der Waals surface area contributed by atoms with Gasteiger partial charge in [0.15, 0.2) is 12.2 Å². The fourth-order valence-corrected chi connectivity index (χ4v) is 6.16. The Kier molecular flexibility index (Phi) is 4.88. The average Bonchev–Trinajstić information content (AvgIpc) is 3.62. The van der Waals surface area contributed by atoms with Crippen molar-refractivity contribution in [1.82, 2.24) is 19.4 Å². The summed E-state index contributed by atoms with van der Waals surface area (Å²) in [5.74, 6) is 0.987. The molecule has 1 aliphatic heterocycles. The fourth-order valence-electron chi connectivity index (χ4n) is 5.30. The molecule has 8 nitrogen and oxygen atoms in total. The summed E-state index contributed by atoms with van der Waals surface area (Å²) in [6.07, 6.45) is 7.30. The predicted molar refractivity (Wildman–Crippen MR) is 130 cm³/mol. The lowest BCUT2D eigenvalue weighted by atomic mass is 9.65. The zero-order valence-electron chi connectivity index (χ0n) is 18.4. The second kappa shape index (κ2) is 7.95. The summed E-state index contributed by atoms with van der Waals surface area (Å²) in [5.41, 5.74) is 1.99. The Labute approximate surface area is 199 Å². The van der Waals surface area contributed by atoms with Gasteiger partial charge in [-0.25, -0.2) is 9.97 Å². The lowest BCUT2D eigenvalue weighted by Crippen LogP contribution is -2.42. The maximum Gasteiger partial charge on any atom is 0.268 e. The molecule has 2 aliphatic rings. The van der Waals surface area contributed by atoms with E-state index in [1.54, 1.807) is 12.3 Å². The van der Waals surface area contributed by atoms with Gasteiger partial charge in [-0.3, -0.25) is 14.9 Å². The van der Waals surface area contributed by atoms with Crippen LogP contribution in [0, 0.1) is 5.41 Å². The second-order valence-electron chi connectivity index (χ2n) is 9.05. The molecule has 0 radical (unpaired) electrons. The quantitative estimate of drug-likeness (QED) is 0.423. The number of nitrogens with one attached hydrogen (secondary N) is 1. The van der Waals surface area contributed by atoms with Gasteiger partial charge in [0, 0.05) is 19.1 Å². The highest BCUT2D eigenvalue weighted by molar-refractivity contribution is 7.17. The molecule has 4 aromatic rings. The van der Waals surface area contributed by atoms with Gasteiger partial charge in [0.1, 0.15) is 0 Å². The molecule has 3 aromatic heterocycles. The summed E-state index contributed by atoms with van der Waals surface area (Å²) in [5, 5.41) is 3.04. The maximum absolute atomic E-state index is 13.1. The molecule has 1 aromatic carbocycles. The molecule has 6 rings (SSSR count). The third-order valence-electron chi connectivity index (χ3n) is 6.95. The Morgan fingerprint density at radius 3 is 2.88 bits per heavy atom. The van der Waals surface area contributed by atoms with Crippen LogP contribution in [0.15, 0.2) is 66.1 Å². The molecular weight excluding hydrogens is 450 g/mol. The molecule has 2 fully saturated rings. The van der Waals surface area contributed by atoms with Crippen molar-refractivity contribution < 1.29 is 14.0 Å². The van der Waals surface area contributed by atoms with Gasteiger partial charge in [0.2, 0.25) is 11.9 Å². The van der Waals surface area contributed by atoms with E-state index in [-0.39, 0.29) is 23.3 Å². The summed E-state index contributed by atoms with van der Waals surface area (Å²) >= 11 is 1.35. The molecule has 0 atom stereocenters. The van der Waals surface area contributed by atoms with E-state index in [2.05, 4.69) is 21.4 Å². The first-order chi connectivity index (χ1) is 16.5. The molecule has 34 heavy (non-hydrogen) atoms. The lowest BCUT2D eigenvalue weighted by Gasteiger charge is -2.46. The number of imidazole rings is 1. The number of aromatic nitrogens is 3. The van der Waals surface area contributed by atoms with Gasteiger partial charge >= 0.3 is 0 Å². The third kappa shape index (κ3) is 3.43. The van der Waals surface area contributed by atoms with Gasteiger partial charge in [-0.05, 0) is 55.0 Å². The van der Waals surface area contributed by atoms with Crippen molar-refractivity contribution in [3.05, 3.63) is 66.5 Å². The van der Waals surface area contributed by atoms with Crippen molar-refractivity contribution >= 4 is 40.1 Å². The molecule has 4 heterocycles. The Morgan fingerprint density at radius 1 is 1.24 bits per heavy atom. The number of hydrogen-bond acceptors (Lipinski definition) is 6. The fraction of sp³-hybridized carbons (Fsp3) is 0.280. The largest absolute Gasteiger partial charge is 0.443 e. The average molecular weight is 474 g/mol. The highest BCUT2D eigenvalue weighted by Gasteiger charge is 2.50. The molecule has 172 valence electrons. The van der Waals surface area contributed by atoms with Gasteiger partial charge < -0.3 is 13.9 Å². The lowest BCUT2D eigenvalue weighted by molar-refractivity contribution is -0.125. The van der Waals surface area contributed by atoms with Crippen molar-refractivity contribution in [1.29, 1.82) is 0 Å². The number of hydrogen-bond donors (Lipinski definition) is 1. The van der Waals surface area contributed by atoms with Crippen molar-refractivity contribution in [2.45, 2.75) is 25.3 Å². The van der Waals surface area contributed by atoms with Gasteiger partial charge in [-0.2, -0.15) is 0 Å². The number of thiophene rings is 1. The van der Waals surface area contributed by atoms with E-state index in [1.165, 1.54) is 23.8 Å². The first kappa shape index (κ1) is 20.9. The topological polar surface area (TPSA) is 93.3 Å². The van der Waals surface area contributed by atoms with Crippen molar-refractivity contribution in [3.8, 4) is 10.6 Å². The van der Waals surface area contributed by atoms with Crippen LogP contribution in [0.4, 0.5) is 5.95 Å². The second-order valence-corrected chi connectivity index (χ2v) is 10.1. The molecule has 0 unspecified atom stereocenters. The van der Waals surface area contributed by atoms with Crippen molar-refractivity contribution in [3.63, 3.8) is 0 Å². The monoisotopic (exact) mass is 473 g/mol. The number of oxazole rings is 1. The summed E-state index contributed by atoms with van der Waals surface area (Å²) < 4.78 is 7.49. The summed E-state index contributed by atoms with van der Waals surface area (Å²) in [4.78, 5) is 37.1. The third-order valence-corrected chi connectivity index (χ3v) is 8.05. The van der Waals surface area contributed by atoms with Gasteiger partial charge in [0.05, 0.1) is 27.0 Å². The van der Waals surface area contributed by atoms with E-state index in [9.17, 15) is 9.59 Å². The first-order valence-electron chi connectivity index (χ1n) is 11.2. The number of carbonyl (C=O) groups is 2. The summed E-state index contributed by atoms with van der Waals surface area (Å²) in [6.45, 7) is 5.16. The van der Waals surface area contributed by atoms with Gasteiger partial charge in [-0.15, -0.1) is 11.3 Å². The van der Waals surface area contributed by atoms with E-state index < -0.39 is 0 Å². The Balaban J connectivity index is 1.25. The zero-order chi connectivity index (χ0) is 23.3. The van der Waals surface area contributed by atoms with Crippen molar-refractivity contribution in [2.75, 3.05) is 18.4 Å². The summed E-state index contributed by atoms with van der Waals surface area (Å²) in [6, 6.07) is 11.8. The summed E-state index contributed by atoms with van der Waals surface area (Å²) in [7, 11) is 0. The molecule has 1 saturated heterocycles. The van der Waals surface area contributed by atoms with Crippen molar-refractivity contribution in [2.24, 2.45) is 5.41 Å². The number of amides is 2. The number of nitrogens with zero attached hydrogens (tertiary/aromatic N) is 4. The van der Waals surface area contributed by atoms with E-state index in [0.717, 1.165) is 48.3 Å². The molecule has 1 aliphatic carbocycles. The van der Waals surface area contributed by atoms with Crippen LogP contribution in [-0.4, -0.2) is 44.3 Å². The van der Waals surface area contributed by atoms with E-state index in [1.807, 2.05) is 35.2 Å². The van der Waals surface area contributed by atoms with Crippen LogP contribution in [0.2, 0.25) is 0 Å². The normalized spacial score (nSPS) is 21.6. The van der Waals surface area contributed by atoms with Crippen LogP contribution in [0.25, 0.3) is 21.7 Å². The van der Waals surface area contributed by atoms with E-state index in [0.29, 0.717) is 16.6 Å². The number of rotatable bonds is 5. The van der Waals surface area contributed by atoms with Gasteiger partial charge in [0.25, 0.3) is 5.91 Å². The standard InChI is InChI=1S/C25H23N5O3S/c1-2-22(31)29-10-9-25(14-29)11-16(12-25)30-18-6-4-3-5-17(18)27-24(30)28-23(32)21-8-7-20(34-21)19-13-26-15-33-19/h2-8,13,15-16H,1,9-12,14H2,(H,27,28,32). The number of anilines is 1. The van der Waals surface area contributed by atoms with Crippen LogP contribution >= 0.6 is 11.3 Å². The molecule has 1 N–H and O–H groups in total. The molecular formula is C25H23N5O3S. The number of para-hydroxylation sites is 2. The van der Waals surface area contributed by atoms with E-state index in [4.69, 9.17) is 9.40 Å². The van der Waals surface area contributed by atoms with Crippen LogP contribution in [0.5, 0.6) is 0 Å². The van der Waals surface area contributed by atoms with Crippen LogP contribution in [-0.2, 0) is 4.79 Å². The Hall–Kier alpha value is -3.72. The molecule has 2 amide bonds. The highest BCUT2D eigenvalue weighted by atomic mass is 32.1. The minimum absolute atomic E-state index is 0.00186. The Morgan fingerprint density at radius 2 is 2.09 bits per heavy atom. The van der Waals surface area contributed by atoms with Crippen LogP contribution in [0.1, 0.15) is 35.0 Å². The number of carbonyl (C=O) groups excluding carboxylic acids is 2. The Bertz CT molecular complexity index is 1400. The number of fused-ring (bicyclic) bond motifs is 1. The predicted octanol–water partition coefficient (Wildman–Crippen LogP) is 4.74. The molecule has 9 heteroatoms. The van der Waals surface area contributed by atoms with Gasteiger partial charge in [-0.1, -0.05) is 18.7 Å². The smallest absolute Gasteiger partial charge is 0.268 e. The molecule has 0 bridgehead atoms. The highest BCUT2D eigenvalue weighted by Crippen LogP contribution is 2.55. The first-order valence-corrected chi connectivity index (χ1v) is 12.1. The van der Waals surface area contributed by atoms with E-state index >= 15 is 0 Å². The minimum atomic E-state index is -0.204. The maximum atomic E-state index is 13.1. The number of likely N-dealkylation sites (tertiary alicyclic amines) is 1. The van der Waals surface area contributed by atoms with Crippen LogP contribution < -0.4 is 5.32 Å².